The smallest absolute Gasteiger partial charge is 0.0388 e. The van der Waals surface area contributed by atoms with Crippen LogP contribution >= 0.6 is 0 Å². The molecule has 2 aliphatic rings. The second-order valence-corrected chi connectivity index (χ2v) is 15.0. The number of hydrogen-bond acceptors (Lipinski definition) is 0. The van der Waals surface area contributed by atoms with E-state index in [4.69, 9.17) is 0 Å². The number of hydrogen-bond donors (Lipinski definition) is 0. The zero-order valence-corrected chi connectivity index (χ0v) is 30.0. The molecule has 0 bridgehead atoms. The molecule has 0 aliphatic heterocycles. The van der Waals surface area contributed by atoms with Gasteiger partial charge in [-0.1, -0.05) is 139 Å². The number of aryl methyl sites for hydroxylation is 2. The summed E-state index contributed by atoms with van der Waals surface area (Å²) in [5.74, 6) is 0.268. The van der Waals surface area contributed by atoms with Crippen LogP contribution in [0.3, 0.4) is 0 Å². The first kappa shape index (κ1) is 28.9. The van der Waals surface area contributed by atoms with E-state index >= 15 is 0 Å². The minimum atomic E-state index is 0.130. The van der Waals surface area contributed by atoms with Gasteiger partial charge >= 0.3 is 0 Å². The van der Waals surface area contributed by atoms with Gasteiger partial charge in [-0.2, -0.15) is 0 Å². The molecule has 0 N–H and O–H groups in total. The average Bonchev–Trinajstić information content (AvgIpc) is 3.67. The van der Waals surface area contributed by atoms with Gasteiger partial charge in [0.2, 0.25) is 0 Å². The lowest BCUT2D eigenvalue weighted by Crippen LogP contribution is -2.18. The quantitative estimate of drug-likeness (QED) is 0.170. The van der Waals surface area contributed by atoms with Crippen molar-refractivity contribution >= 4 is 60.3 Å². The fourth-order valence-electron chi connectivity index (χ4n) is 8.65. The van der Waals surface area contributed by atoms with Crippen molar-refractivity contribution in [3.05, 3.63) is 195 Å². The SMILES string of the molecule is Cc1cc(C2=Cc3ccccc3C2c2ccc([SiH3])c(C)c2C2C(c3cc(C)cc4ccccc34)=Cc3ccccc32)c2ccccc2c1. The Balaban J connectivity index is 1.33. The molecule has 0 fully saturated rings. The van der Waals surface area contributed by atoms with Crippen molar-refractivity contribution < 1.29 is 0 Å². The molecule has 0 saturated heterocycles. The largest absolute Gasteiger partial charge is 0.0676 e. The summed E-state index contributed by atoms with van der Waals surface area (Å²) in [5.41, 5.74) is 17.9. The third-order valence-electron chi connectivity index (χ3n) is 10.9. The summed E-state index contributed by atoms with van der Waals surface area (Å²) in [5, 5.41) is 6.73. The van der Waals surface area contributed by atoms with Crippen molar-refractivity contribution in [1.82, 2.24) is 0 Å². The third kappa shape index (κ3) is 4.49. The van der Waals surface area contributed by atoms with Crippen molar-refractivity contribution in [2.75, 3.05) is 0 Å². The molecule has 0 aromatic heterocycles. The van der Waals surface area contributed by atoms with Gasteiger partial charge in [-0.05, 0) is 127 Å². The molecule has 2 unspecified atom stereocenters. The molecule has 7 aromatic carbocycles. The molecule has 2 atom stereocenters. The third-order valence-corrected chi connectivity index (χ3v) is 12.0. The van der Waals surface area contributed by atoms with Crippen LogP contribution in [0.15, 0.2) is 133 Å². The van der Waals surface area contributed by atoms with Crippen molar-refractivity contribution in [3.63, 3.8) is 0 Å². The first-order valence-corrected chi connectivity index (χ1v) is 18.2. The first-order chi connectivity index (χ1) is 23.5. The van der Waals surface area contributed by atoms with Crippen molar-refractivity contribution in [2.45, 2.75) is 32.6 Å². The highest BCUT2D eigenvalue weighted by atomic mass is 28.1. The van der Waals surface area contributed by atoms with Gasteiger partial charge in [0.15, 0.2) is 0 Å². The van der Waals surface area contributed by atoms with Crippen LogP contribution in [0.2, 0.25) is 0 Å². The van der Waals surface area contributed by atoms with Gasteiger partial charge in [0.25, 0.3) is 0 Å². The van der Waals surface area contributed by atoms with Crippen LogP contribution in [-0.4, -0.2) is 10.2 Å². The van der Waals surface area contributed by atoms with Gasteiger partial charge in [-0.3, -0.25) is 0 Å². The standard InChI is InChI=1S/C47H38Si/c1-28-22-31-12-4-8-16-35(31)40(24-28)42-26-33-14-6-10-18-37(33)46(42)39-20-21-44(48)30(3)45(39)47-38-19-11-7-15-34(38)27-43(47)41-25-29(2)23-32-13-5-9-17-36(32)41/h4-27,46-47H,1-3,48H3. The molecular formula is C47H38Si. The molecule has 0 spiro atoms. The van der Waals surface area contributed by atoms with Gasteiger partial charge in [0.1, 0.15) is 0 Å². The van der Waals surface area contributed by atoms with E-state index in [-0.39, 0.29) is 11.8 Å². The molecule has 2 aliphatic carbocycles. The number of allylic oxidation sites excluding steroid dienone is 2. The summed E-state index contributed by atoms with van der Waals surface area (Å²) in [6.07, 6.45) is 4.96. The molecule has 1 heteroatoms. The summed E-state index contributed by atoms with van der Waals surface area (Å²) in [6, 6.07) is 50.4. The summed E-state index contributed by atoms with van der Waals surface area (Å²) in [4.78, 5) is 0. The lowest BCUT2D eigenvalue weighted by Gasteiger charge is -2.29. The van der Waals surface area contributed by atoms with Crippen LogP contribution in [0, 0.1) is 20.8 Å². The Morgan fingerprint density at radius 3 is 1.52 bits per heavy atom. The summed E-state index contributed by atoms with van der Waals surface area (Å²) in [7, 11) is 1.00. The maximum Gasteiger partial charge on any atom is 0.0388 e. The topological polar surface area (TPSA) is 0 Å². The Bertz CT molecular complexity index is 2510. The van der Waals surface area contributed by atoms with Crippen LogP contribution in [0.5, 0.6) is 0 Å². The molecule has 48 heavy (non-hydrogen) atoms. The minimum Gasteiger partial charge on any atom is -0.0676 e. The Hall–Kier alpha value is -5.24. The summed E-state index contributed by atoms with van der Waals surface area (Å²) < 4.78 is 0. The highest BCUT2D eigenvalue weighted by Gasteiger charge is 2.36. The predicted octanol–water partition coefficient (Wildman–Crippen LogP) is 10.3. The van der Waals surface area contributed by atoms with Gasteiger partial charge < -0.3 is 0 Å². The van der Waals surface area contributed by atoms with Gasteiger partial charge in [-0.25, -0.2) is 0 Å². The van der Waals surface area contributed by atoms with E-state index in [1.54, 1.807) is 0 Å². The second kappa shape index (κ2) is 11.2. The van der Waals surface area contributed by atoms with Crippen LogP contribution in [-0.2, 0) is 0 Å². The zero-order valence-electron chi connectivity index (χ0n) is 28.0. The molecule has 230 valence electrons. The van der Waals surface area contributed by atoms with Gasteiger partial charge in [0.05, 0.1) is 0 Å². The zero-order chi connectivity index (χ0) is 32.5. The van der Waals surface area contributed by atoms with E-state index in [2.05, 4.69) is 166 Å². The molecule has 0 nitrogen and oxygen atoms in total. The number of benzene rings is 7. The van der Waals surface area contributed by atoms with E-state index in [1.165, 1.54) is 99.1 Å². The molecule has 9 rings (SSSR count). The van der Waals surface area contributed by atoms with Crippen LogP contribution < -0.4 is 5.19 Å². The maximum atomic E-state index is 2.48. The normalized spacial score (nSPS) is 16.6. The summed E-state index contributed by atoms with van der Waals surface area (Å²) in [6.45, 7) is 6.86. The first-order valence-electron chi connectivity index (χ1n) is 17.2. The molecule has 7 aromatic rings. The number of fused-ring (bicyclic) bond motifs is 4. The molecule has 0 amide bonds. The Morgan fingerprint density at radius 1 is 0.458 bits per heavy atom. The molecule has 0 radical (unpaired) electrons. The average molecular weight is 631 g/mol. The van der Waals surface area contributed by atoms with Crippen LogP contribution in [0.1, 0.15) is 73.0 Å². The number of rotatable bonds is 4. The monoisotopic (exact) mass is 630 g/mol. The van der Waals surface area contributed by atoms with Gasteiger partial charge in [0, 0.05) is 22.1 Å². The Morgan fingerprint density at radius 2 is 0.938 bits per heavy atom. The summed E-state index contributed by atoms with van der Waals surface area (Å²) >= 11 is 0. The second-order valence-electron chi connectivity index (χ2n) is 13.9. The molecular weight excluding hydrogens is 593 g/mol. The molecule has 0 heterocycles. The van der Waals surface area contributed by atoms with E-state index in [0.717, 1.165) is 10.2 Å². The highest BCUT2D eigenvalue weighted by Crippen LogP contribution is 2.54. The van der Waals surface area contributed by atoms with Crippen molar-refractivity contribution in [2.24, 2.45) is 0 Å². The van der Waals surface area contributed by atoms with E-state index in [9.17, 15) is 0 Å². The van der Waals surface area contributed by atoms with Gasteiger partial charge in [-0.15, -0.1) is 0 Å². The van der Waals surface area contributed by atoms with Crippen LogP contribution in [0.25, 0.3) is 44.8 Å². The van der Waals surface area contributed by atoms with Crippen LogP contribution in [0.4, 0.5) is 0 Å². The predicted molar refractivity (Wildman–Crippen MR) is 210 cm³/mol. The Labute approximate surface area is 286 Å². The lowest BCUT2D eigenvalue weighted by molar-refractivity contribution is 0.963. The maximum absolute atomic E-state index is 2.48. The fraction of sp³-hybridized carbons (Fsp3) is 0.106. The van der Waals surface area contributed by atoms with E-state index in [0.29, 0.717) is 0 Å². The Kier molecular flexibility index (Phi) is 6.74. The van der Waals surface area contributed by atoms with E-state index < -0.39 is 0 Å². The lowest BCUT2D eigenvalue weighted by atomic mass is 9.74. The minimum absolute atomic E-state index is 0.130. The fourth-order valence-corrected chi connectivity index (χ4v) is 9.09. The van der Waals surface area contributed by atoms with Crippen molar-refractivity contribution in [1.29, 1.82) is 0 Å². The highest BCUT2D eigenvalue weighted by molar-refractivity contribution is 6.33. The van der Waals surface area contributed by atoms with Crippen molar-refractivity contribution in [3.8, 4) is 0 Å². The van der Waals surface area contributed by atoms with E-state index in [1.807, 2.05) is 0 Å². The molecule has 0 saturated carbocycles.